The maximum atomic E-state index is 12.7. The van der Waals surface area contributed by atoms with E-state index in [1.165, 1.54) is 42.5 Å². The number of imide groups is 1. The van der Waals surface area contributed by atoms with Gasteiger partial charge in [0.05, 0.1) is 21.3 Å². The van der Waals surface area contributed by atoms with Gasteiger partial charge in [-0.3, -0.25) is 34.7 Å². The van der Waals surface area contributed by atoms with Crippen LogP contribution in [0.4, 0.5) is 16.2 Å². The fourth-order valence-electron chi connectivity index (χ4n) is 3.24. The van der Waals surface area contributed by atoms with Gasteiger partial charge in [-0.2, -0.15) is 0 Å². The zero-order chi connectivity index (χ0) is 23.7. The zero-order valence-corrected chi connectivity index (χ0v) is 17.9. The number of rotatable bonds is 6. The molecule has 0 saturated carbocycles. The van der Waals surface area contributed by atoms with Crippen LogP contribution in [0, 0.1) is 27.2 Å². The lowest BCUT2D eigenvalue weighted by Crippen LogP contribution is -2.27. The molecule has 10 nitrogen and oxygen atoms in total. The van der Waals surface area contributed by atoms with Crippen LogP contribution in [-0.2, 0) is 11.3 Å². The molecule has 4 rings (SSSR count). The van der Waals surface area contributed by atoms with Crippen molar-refractivity contribution in [2.75, 3.05) is 0 Å². The fraction of sp³-hybridized carbons (Fsp3) is 0.0909. The third kappa shape index (κ3) is 4.53. The molecular formula is C22H15N3O7S. The van der Waals surface area contributed by atoms with Gasteiger partial charge < -0.3 is 4.42 Å². The summed E-state index contributed by atoms with van der Waals surface area (Å²) in [6.45, 7) is 1.78. The molecule has 0 radical (unpaired) electrons. The minimum atomic E-state index is -0.528. The Bertz CT molecular complexity index is 1330. The minimum Gasteiger partial charge on any atom is -0.457 e. The molecule has 0 unspecified atom stereocenters. The largest absolute Gasteiger partial charge is 0.457 e. The number of amides is 2. The van der Waals surface area contributed by atoms with Gasteiger partial charge in [0, 0.05) is 35.9 Å². The van der Waals surface area contributed by atoms with Gasteiger partial charge in [0.25, 0.3) is 22.5 Å². The highest BCUT2D eigenvalue weighted by Crippen LogP contribution is 2.35. The molecule has 0 bridgehead atoms. The standard InChI is InChI=1S/C22H15N3O7S/c1-13-2-5-16(25(30)31)10-18(13)19-9-8-17(32-19)11-20-21(26)23(22(27)33-20)12-14-3-6-15(7-4-14)24(28)29/h2-11H,12H2,1H3/b20-11-. The fourth-order valence-corrected chi connectivity index (χ4v) is 4.05. The molecule has 2 amide bonds. The average molecular weight is 465 g/mol. The second-order valence-electron chi connectivity index (χ2n) is 7.15. The number of nitro benzene ring substituents is 2. The first-order chi connectivity index (χ1) is 15.7. The molecular weight excluding hydrogens is 450 g/mol. The summed E-state index contributed by atoms with van der Waals surface area (Å²) in [7, 11) is 0. The number of hydrogen-bond acceptors (Lipinski definition) is 8. The van der Waals surface area contributed by atoms with Gasteiger partial charge in [0.1, 0.15) is 11.5 Å². The third-order valence-electron chi connectivity index (χ3n) is 4.96. The molecule has 1 aliphatic rings. The molecule has 33 heavy (non-hydrogen) atoms. The zero-order valence-electron chi connectivity index (χ0n) is 17.1. The van der Waals surface area contributed by atoms with Crippen molar-refractivity contribution in [3.8, 4) is 11.3 Å². The highest BCUT2D eigenvalue weighted by atomic mass is 32.2. The molecule has 1 fully saturated rings. The quantitative estimate of drug-likeness (QED) is 0.271. The summed E-state index contributed by atoms with van der Waals surface area (Å²) in [5, 5.41) is 21.4. The highest BCUT2D eigenvalue weighted by Gasteiger charge is 2.35. The Hall–Kier alpha value is -4.25. The average Bonchev–Trinajstić information content (AvgIpc) is 3.34. The van der Waals surface area contributed by atoms with E-state index in [2.05, 4.69) is 0 Å². The van der Waals surface area contributed by atoms with Gasteiger partial charge >= 0.3 is 0 Å². The van der Waals surface area contributed by atoms with Crippen molar-refractivity contribution in [2.45, 2.75) is 13.5 Å². The number of aryl methyl sites for hydroxylation is 1. The van der Waals surface area contributed by atoms with Gasteiger partial charge in [0.15, 0.2) is 0 Å². The van der Waals surface area contributed by atoms with Crippen LogP contribution >= 0.6 is 11.8 Å². The number of benzene rings is 2. The lowest BCUT2D eigenvalue weighted by atomic mass is 10.1. The van der Waals surface area contributed by atoms with E-state index in [9.17, 15) is 29.8 Å². The molecule has 2 heterocycles. The molecule has 166 valence electrons. The Kier molecular flexibility index (Phi) is 5.80. The van der Waals surface area contributed by atoms with Crippen LogP contribution in [0.25, 0.3) is 17.4 Å². The summed E-state index contributed by atoms with van der Waals surface area (Å²) in [5.74, 6) is 0.206. The molecule has 1 saturated heterocycles. The Morgan fingerprint density at radius 1 is 0.970 bits per heavy atom. The number of thioether (sulfide) groups is 1. The van der Waals surface area contributed by atoms with Crippen molar-refractivity contribution in [3.63, 3.8) is 0 Å². The predicted octanol–water partition coefficient (Wildman–Crippen LogP) is 5.31. The number of nitrogens with zero attached hydrogens (tertiary/aromatic N) is 3. The maximum Gasteiger partial charge on any atom is 0.293 e. The van der Waals surface area contributed by atoms with Gasteiger partial charge in [0.2, 0.25) is 0 Å². The second-order valence-corrected chi connectivity index (χ2v) is 8.14. The molecule has 0 aliphatic carbocycles. The van der Waals surface area contributed by atoms with Crippen LogP contribution in [0.1, 0.15) is 16.9 Å². The van der Waals surface area contributed by atoms with Gasteiger partial charge in [-0.05, 0) is 41.9 Å². The number of nitro groups is 2. The second kappa shape index (κ2) is 8.71. The van der Waals surface area contributed by atoms with Crippen molar-refractivity contribution in [1.82, 2.24) is 4.90 Å². The molecule has 11 heteroatoms. The normalized spacial score (nSPS) is 14.8. The summed E-state index contributed by atoms with van der Waals surface area (Å²) in [6, 6.07) is 13.3. The van der Waals surface area contributed by atoms with Crippen LogP contribution in [-0.4, -0.2) is 25.9 Å². The Morgan fingerprint density at radius 3 is 2.30 bits per heavy atom. The molecule has 1 aromatic heterocycles. The number of non-ortho nitro benzene ring substituents is 2. The summed E-state index contributed by atoms with van der Waals surface area (Å²) < 4.78 is 5.76. The lowest BCUT2D eigenvalue weighted by Gasteiger charge is -2.12. The SMILES string of the molecule is Cc1ccc([N+](=O)[O-])cc1-c1ccc(/C=C2\SC(=O)N(Cc3ccc([N+](=O)[O-])cc3)C2=O)o1. The molecule has 0 atom stereocenters. The Balaban J connectivity index is 1.54. The molecule has 3 aromatic rings. The van der Waals surface area contributed by atoms with E-state index < -0.39 is 21.0 Å². The lowest BCUT2D eigenvalue weighted by molar-refractivity contribution is -0.385. The molecule has 0 spiro atoms. The predicted molar refractivity (Wildman–Crippen MR) is 120 cm³/mol. The third-order valence-corrected chi connectivity index (χ3v) is 5.87. The number of carbonyl (C=O) groups excluding carboxylic acids is 2. The molecule has 1 aliphatic heterocycles. The van der Waals surface area contributed by atoms with Crippen molar-refractivity contribution in [3.05, 3.63) is 96.6 Å². The van der Waals surface area contributed by atoms with Crippen molar-refractivity contribution >= 4 is 40.4 Å². The monoisotopic (exact) mass is 465 g/mol. The smallest absolute Gasteiger partial charge is 0.293 e. The van der Waals surface area contributed by atoms with E-state index in [1.807, 2.05) is 0 Å². The molecule has 2 aromatic carbocycles. The summed E-state index contributed by atoms with van der Waals surface area (Å²) in [4.78, 5) is 47.1. The Morgan fingerprint density at radius 2 is 1.64 bits per heavy atom. The summed E-state index contributed by atoms with van der Waals surface area (Å²) >= 11 is 0.760. The summed E-state index contributed by atoms with van der Waals surface area (Å²) in [5.41, 5.74) is 1.76. The number of hydrogen-bond donors (Lipinski definition) is 0. The van der Waals surface area contributed by atoms with Gasteiger partial charge in [-0.1, -0.05) is 18.2 Å². The number of furan rings is 1. The first-order valence-corrected chi connectivity index (χ1v) is 10.4. The van der Waals surface area contributed by atoms with E-state index in [4.69, 9.17) is 4.42 Å². The first-order valence-electron chi connectivity index (χ1n) is 9.57. The number of carbonyl (C=O) groups is 2. The van der Waals surface area contributed by atoms with E-state index >= 15 is 0 Å². The highest BCUT2D eigenvalue weighted by molar-refractivity contribution is 8.18. The summed E-state index contributed by atoms with van der Waals surface area (Å²) in [6.07, 6.45) is 1.44. The molecule has 0 N–H and O–H groups in total. The van der Waals surface area contributed by atoms with Crippen LogP contribution in [0.2, 0.25) is 0 Å². The Labute approximate surface area is 190 Å². The minimum absolute atomic E-state index is 0.0176. The van der Waals surface area contributed by atoms with Crippen LogP contribution in [0.15, 0.2) is 63.9 Å². The van der Waals surface area contributed by atoms with Gasteiger partial charge in [-0.15, -0.1) is 0 Å². The van der Waals surface area contributed by atoms with Crippen molar-refractivity contribution < 1.29 is 23.9 Å². The topological polar surface area (TPSA) is 137 Å². The van der Waals surface area contributed by atoms with Crippen molar-refractivity contribution in [2.24, 2.45) is 0 Å². The van der Waals surface area contributed by atoms with Crippen LogP contribution in [0.3, 0.4) is 0 Å². The van der Waals surface area contributed by atoms with E-state index in [-0.39, 0.29) is 22.8 Å². The van der Waals surface area contributed by atoms with Crippen LogP contribution in [0.5, 0.6) is 0 Å². The first kappa shape index (κ1) is 22.0. The van der Waals surface area contributed by atoms with E-state index in [0.717, 1.165) is 22.2 Å². The van der Waals surface area contributed by atoms with E-state index in [1.54, 1.807) is 25.1 Å². The maximum absolute atomic E-state index is 12.7. The van der Waals surface area contributed by atoms with Crippen molar-refractivity contribution in [1.29, 1.82) is 0 Å². The van der Waals surface area contributed by atoms with Crippen LogP contribution < -0.4 is 0 Å². The van der Waals surface area contributed by atoms with E-state index in [0.29, 0.717) is 22.6 Å². The van der Waals surface area contributed by atoms with Gasteiger partial charge in [-0.25, -0.2) is 0 Å².